The van der Waals surface area contributed by atoms with Crippen LogP contribution in [0.25, 0.3) is 0 Å². The first-order valence-corrected chi connectivity index (χ1v) is 5.04. The van der Waals surface area contributed by atoms with Gasteiger partial charge >= 0.3 is 0 Å². The van der Waals surface area contributed by atoms with E-state index in [1.165, 1.54) is 6.07 Å². The molecule has 1 aromatic rings. The molecule has 3 nitrogen and oxygen atoms in total. The van der Waals surface area contributed by atoms with Gasteiger partial charge in [-0.1, -0.05) is 13.8 Å². The Bertz CT molecular complexity index is 363. The topological polar surface area (TPSA) is 43.1 Å². The third-order valence-corrected chi connectivity index (χ3v) is 2.70. The molecule has 0 saturated heterocycles. The van der Waals surface area contributed by atoms with Crippen LogP contribution in [0.2, 0.25) is 0 Å². The van der Waals surface area contributed by atoms with Crippen LogP contribution in [-0.2, 0) is 12.8 Å². The fourth-order valence-electron chi connectivity index (χ4n) is 1.63. The number of nitrogens with zero attached hydrogens (tertiary/aromatic N) is 1. The lowest BCUT2D eigenvalue weighted by molar-refractivity contribution is -0.385. The normalized spacial score (nSPS) is 10.2. The summed E-state index contributed by atoms with van der Waals surface area (Å²) < 4.78 is 0. The van der Waals surface area contributed by atoms with E-state index in [0.717, 1.165) is 22.4 Å². The summed E-state index contributed by atoms with van der Waals surface area (Å²) in [7, 11) is 0. The van der Waals surface area contributed by atoms with Crippen LogP contribution in [0.4, 0.5) is 5.69 Å². The highest BCUT2D eigenvalue weighted by molar-refractivity contribution is 7.80. The Labute approximate surface area is 88.7 Å². The highest BCUT2D eigenvalue weighted by Gasteiger charge is 2.16. The highest BCUT2D eigenvalue weighted by Crippen LogP contribution is 2.28. The molecule has 0 amide bonds. The molecular formula is C10H13NO2S. The zero-order valence-corrected chi connectivity index (χ0v) is 9.17. The van der Waals surface area contributed by atoms with Crippen LogP contribution < -0.4 is 0 Å². The van der Waals surface area contributed by atoms with Gasteiger partial charge in [0.15, 0.2) is 0 Å². The highest BCUT2D eigenvalue weighted by atomic mass is 32.1. The zero-order chi connectivity index (χ0) is 10.7. The summed E-state index contributed by atoms with van der Waals surface area (Å²) in [4.78, 5) is 11.3. The minimum Gasteiger partial charge on any atom is -0.258 e. The van der Waals surface area contributed by atoms with Crippen LogP contribution in [0.15, 0.2) is 17.0 Å². The van der Waals surface area contributed by atoms with Crippen molar-refractivity contribution >= 4 is 18.3 Å². The standard InChI is InChI=1S/C10H13NO2S/c1-3-7-8(4-2)10(14)6-5-9(7)11(12)13/h5-6,14H,3-4H2,1-2H3. The van der Waals surface area contributed by atoms with Gasteiger partial charge in [0.05, 0.1) is 4.92 Å². The van der Waals surface area contributed by atoms with Gasteiger partial charge in [-0.3, -0.25) is 10.1 Å². The molecular weight excluding hydrogens is 198 g/mol. The fraction of sp³-hybridized carbons (Fsp3) is 0.400. The number of thiol groups is 1. The molecule has 0 aliphatic carbocycles. The Morgan fingerprint density at radius 1 is 1.29 bits per heavy atom. The molecule has 0 heterocycles. The van der Waals surface area contributed by atoms with E-state index in [4.69, 9.17) is 0 Å². The Morgan fingerprint density at radius 2 is 1.86 bits per heavy atom. The lowest BCUT2D eigenvalue weighted by Crippen LogP contribution is -1.99. The Balaban J connectivity index is 3.40. The monoisotopic (exact) mass is 211 g/mol. The first kappa shape index (κ1) is 11.0. The first-order chi connectivity index (χ1) is 6.61. The van der Waals surface area contributed by atoms with E-state index in [1.54, 1.807) is 6.07 Å². The van der Waals surface area contributed by atoms with Crippen molar-refractivity contribution in [3.05, 3.63) is 33.4 Å². The van der Waals surface area contributed by atoms with E-state index >= 15 is 0 Å². The van der Waals surface area contributed by atoms with Gasteiger partial charge in [0.1, 0.15) is 0 Å². The first-order valence-electron chi connectivity index (χ1n) is 4.59. The average molecular weight is 211 g/mol. The molecule has 0 N–H and O–H groups in total. The van der Waals surface area contributed by atoms with Gasteiger partial charge in [0.25, 0.3) is 5.69 Å². The number of hydrogen-bond acceptors (Lipinski definition) is 3. The van der Waals surface area contributed by atoms with Crippen molar-refractivity contribution in [3.8, 4) is 0 Å². The average Bonchev–Trinajstić information content (AvgIpc) is 2.16. The Kier molecular flexibility index (Phi) is 3.52. The number of hydrogen-bond donors (Lipinski definition) is 1. The van der Waals surface area contributed by atoms with E-state index in [1.807, 2.05) is 13.8 Å². The molecule has 0 unspecified atom stereocenters. The maximum atomic E-state index is 10.7. The summed E-state index contributed by atoms with van der Waals surface area (Å²) in [6.45, 7) is 3.91. The summed E-state index contributed by atoms with van der Waals surface area (Å²) >= 11 is 4.29. The van der Waals surface area contributed by atoms with Crippen molar-refractivity contribution in [1.29, 1.82) is 0 Å². The van der Waals surface area contributed by atoms with Gasteiger partial charge in [-0.15, -0.1) is 12.6 Å². The molecule has 0 atom stereocenters. The molecule has 0 bridgehead atoms. The molecule has 0 aliphatic rings. The molecule has 0 aliphatic heterocycles. The molecule has 0 saturated carbocycles. The van der Waals surface area contributed by atoms with E-state index in [-0.39, 0.29) is 10.6 Å². The van der Waals surface area contributed by atoms with Gasteiger partial charge in [-0.25, -0.2) is 0 Å². The van der Waals surface area contributed by atoms with Crippen LogP contribution >= 0.6 is 12.6 Å². The summed E-state index contributed by atoms with van der Waals surface area (Å²) in [5.74, 6) is 0. The summed E-state index contributed by atoms with van der Waals surface area (Å²) in [5, 5.41) is 10.7. The number of nitro groups is 1. The Morgan fingerprint density at radius 3 is 2.29 bits per heavy atom. The molecule has 0 radical (unpaired) electrons. The van der Waals surface area contributed by atoms with Crippen molar-refractivity contribution in [2.75, 3.05) is 0 Å². The van der Waals surface area contributed by atoms with Gasteiger partial charge in [0.2, 0.25) is 0 Å². The van der Waals surface area contributed by atoms with Crippen molar-refractivity contribution in [3.63, 3.8) is 0 Å². The lowest BCUT2D eigenvalue weighted by Gasteiger charge is -2.08. The van der Waals surface area contributed by atoms with Gasteiger partial charge in [-0.05, 0) is 24.5 Å². The number of nitro benzene ring substituents is 1. The fourth-order valence-corrected chi connectivity index (χ4v) is 2.00. The largest absolute Gasteiger partial charge is 0.272 e. The summed E-state index contributed by atoms with van der Waals surface area (Å²) in [6.07, 6.45) is 1.46. The SMILES string of the molecule is CCc1c(S)ccc([N+](=O)[O-])c1CC. The summed E-state index contributed by atoms with van der Waals surface area (Å²) in [6, 6.07) is 3.22. The van der Waals surface area contributed by atoms with Crippen LogP contribution in [0, 0.1) is 10.1 Å². The van der Waals surface area contributed by atoms with Gasteiger partial charge < -0.3 is 0 Å². The van der Waals surface area contributed by atoms with E-state index in [2.05, 4.69) is 12.6 Å². The third kappa shape index (κ3) is 1.90. The zero-order valence-electron chi connectivity index (χ0n) is 8.28. The van der Waals surface area contributed by atoms with Crippen LogP contribution in [0.1, 0.15) is 25.0 Å². The summed E-state index contributed by atoms with van der Waals surface area (Å²) in [5.41, 5.74) is 2.01. The molecule has 1 rings (SSSR count). The van der Waals surface area contributed by atoms with Crippen molar-refractivity contribution in [1.82, 2.24) is 0 Å². The maximum Gasteiger partial charge on any atom is 0.272 e. The lowest BCUT2D eigenvalue weighted by atomic mass is 10.0. The predicted molar refractivity (Wildman–Crippen MR) is 59.1 cm³/mol. The van der Waals surface area contributed by atoms with Crippen molar-refractivity contribution in [2.24, 2.45) is 0 Å². The quantitative estimate of drug-likeness (QED) is 0.474. The second-order valence-corrected chi connectivity index (χ2v) is 3.51. The predicted octanol–water partition coefficient (Wildman–Crippen LogP) is 3.01. The molecule has 1 aromatic carbocycles. The van der Waals surface area contributed by atoms with E-state index in [0.29, 0.717) is 6.42 Å². The number of rotatable bonds is 3. The number of benzene rings is 1. The molecule has 76 valence electrons. The van der Waals surface area contributed by atoms with E-state index in [9.17, 15) is 10.1 Å². The van der Waals surface area contributed by atoms with Crippen molar-refractivity contribution < 1.29 is 4.92 Å². The second-order valence-electron chi connectivity index (χ2n) is 3.03. The maximum absolute atomic E-state index is 10.7. The smallest absolute Gasteiger partial charge is 0.258 e. The molecule has 0 spiro atoms. The van der Waals surface area contributed by atoms with Gasteiger partial charge in [-0.2, -0.15) is 0 Å². The molecule has 0 fully saturated rings. The van der Waals surface area contributed by atoms with Crippen LogP contribution in [-0.4, -0.2) is 4.92 Å². The molecule has 14 heavy (non-hydrogen) atoms. The minimum absolute atomic E-state index is 0.210. The third-order valence-electron chi connectivity index (χ3n) is 2.29. The second kappa shape index (κ2) is 4.46. The van der Waals surface area contributed by atoms with Crippen molar-refractivity contribution in [2.45, 2.75) is 31.6 Å². The minimum atomic E-state index is -0.328. The van der Waals surface area contributed by atoms with Crippen LogP contribution in [0.5, 0.6) is 0 Å². The van der Waals surface area contributed by atoms with Crippen LogP contribution in [0.3, 0.4) is 0 Å². The van der Waals surface area contributed by atoms with E-state index < -0.39 is 0 Å². The molecule has 0 aromatic heterocycles. The molecule has 4 heteroatoms. The van der Waals surface area contributed by atoms with Gasteiger partial charge in [0, 0.05) is 16.5 Å². The Hall–Kier alpha value is -1.03.